The molecule has 4 heteroatoms. The van der Waals surface area contributed by atoms with Crippen molar-refractivity contribution < 1.29 is 19.4 Å². The van der Waals surface area contributed by atoms with Gasteiger partial charge in [-0.2, -0.15) is 0 Å². The molecule has 19 heavy (non-hydrogen) atoms. The van der Waals surface area contributed by atoms with E-state index in [9.17, 15) is 14.7 Å². The lowest BCUT2D eigenvalue weighted by atomic mass is 9.84. The van der Waals surface area contributed by atoms with E-state index < -0.39 is 0 Å². The van der Waals surface area contributed by atoms with Crippen LogP contribution in [0.1, 0.15) is 32.6 Å². The fourth-order valence-electron chi connectivity index (χ4n) is 2.79. The van der Waals surface area contributed by atoms with Crippen molar-refractivity contribution in [3.05, 3.63) is 23.3 Å². The van der Waals surface area contributed by atoms with Gasteiger partial charge in [-0.1, -0.05) is 13.0 Å². The largest absolute Gasteiger partial charge is 0.458 e. The first-order valence-corrected chi connectivity index (χ1v) is 6.81. The van der Waals surface area contributed by atoms with Crippen molar-refractivity contribution in [2.75, 3.05) is 6.61 Å². The Morgan fingerprint density at radius 3 is 2.95 bits per heavy atom. The zero-order valence-electron chi connectivity index (χ0n) is 11.2. The second-order valence-corrected chi connectivity index (χ2v) is 5.31. The van der Waals surface area contributed by atoms with Gasteiger partial charge in [-0.25, -0.2) is 0 Å². The first-order valence-electron chi connectivity index (χ1n) is 6.81. The first kappa shape index (κ1) is 14.0. The highest BCUT2D eigenvalue weighted by Crippen LogP contribution is 2.35. The molecule has 0 bridgehead atoms. The van der Waals surface area contributed by atoms with Gasteiger partial charge in [0.2, 0.25) is 0 Å². The summed E-state index contributed by atoms with van der Waals surface area (Å²) >= 11 is 0. The maximum Gasteiger partial charge on any atom is 0.309 e. The Morgan fingerprint density at radius 2 is 2.26 bits per heavy atom. The molecule has 0 aromatic heterocycles. The number of rotatable bonds is 2. The number of esters is 1. The molecule has 0 amide bonds. The smallest absolute Gasteiger partial charge is 0.309 e. The van der Waals surface area contributed by atoms with E-state index in [1.54, 1.807) is 0 Å². The van der Waals surface area contributed by atoms with Gasteiger partial charge in [-0.05, 0) is 42.9 Å². The van der Waals surface area contributed by atoms with Crippen molar-refractivity contribution in [3.63, 3.8) is 0 Å². The lowest BCUT2D eigenvalue weighted by Gasteiger charge is -2.19. The summed E-state index contributed by atoms with van der Waals surface area (Å²) in [7, 11) is 0. The lowest BCUT2D eigenvalue weighted by Crippen LogP contribution is -2.19. The van der Waals surface area contributed by atoms with Crippen molar-refractivity contribution in [3.8, 4) is 0 Å². The molecule has 4 nitrogen and oxygen atoms in total. The number of ether oxygens (including phenoxy) is 1. The summed E-state index contributed by atoms with van der Waals surface area (Å²) in [5, 5.41) is 9.35. The molecule has 0 saturated carbocycles. The van der Waals surface area contributed by atoms with Gasteiger partial charge in [-0.3, -0.25) is 9.59 Å². The fraction of sp³-hybridized carbons (Fsp3) is 0.600. The van der Waals surface area contributed by atoms with Gasteiger partial charge in [-0.15, -0.1) is 0 Å². The van der Waals surface area contributed by atoms with E-state index in [4.69, 9.17) is 4.74 Å². The maximum absolute atomic E-state index is 11.7. The van der Waals surface area contributed by atoms with Crippen LogP contribution in [-0.2, 0) is 14.3 Å². The molecule has 1 N–H and O–H groups in total. The zero-order valence-corrected chi connectivity index (χ0v) is 11.2. The van der Waals surface area contributed by atoms with Crippen LogP contribution >= 0.6 is 0 Å². The molecule has 2 aliphatic rings. The second-order valence-electron chi connectivity index (χ2n) is 5.31. The van der Waals surface area contributed by atoms with Gasteiger partial charge in [0, 0.05) is 5.92 Å². The molecule has 3 atom stereocenters. The summed E-state index contributed by atoms with van der Waals surface area (Å²) in [4.78, 5) is 22.7. The van der Waals surface area contributed by atoms with Crippen LogP contribution in [0.4, 0.5) is 0 Å². The fourth-order valence-corrected chi connectivity index (χ4v) is 2.79. The van der Waals surface area contributed by atoms with Crippen molar-refractivity contribution in [1.82, 2.24) is 0 Å². The third-order valence-electron chi connectivity index (χ3n) is 4.08. The first-order chi connectivity index (χ1) is 9.15. The predicted octanol–water partition coefficient (Wildman–Crippen LogP) is 1.78. The molecule has 0 radical (unpaired) electrons. The minimum absolute atomic E-state index is 0.0284. The Hall–Kier alpha value is -1.42. The Bertz CT molecular complexity index is 422. The van der Waals surface area contributed by atoms with Gasteiger partial charge >= 0.3 is 5.97 Å². The molecule has 2 rings (SSSR count). The van der Waals surface area contributed by atoms with E-state index in [0.717, 1.165) is 30.3 Å². The molecule has 1 heterocycles. The number of aldehydes is 1. The SMILES string of the molecule is CC1C(=O)OC2C=C(CO)CCC=C(C=O)CCC21. The lowest BCUT2D eigenvalue weighted by molar-refractivity contribution is -0.142. The quantitative estimate of drug-likeness (QED) is 0.469. The maximum atomic E-state index is 11.7. The summed E-state index contributed by atoms with van der Waals surface area (Å²) < 4.78 is 5.38. The second kappa shape index (κ2) is 6.15. The minimum Gasteiger partial charge on any atom is -0.458 e. The molecule has 104 valence electrons. The third kappa shape index (κ3) is 3.13. The molecule has 0 spiro atoms. The Balaban J connectivity index is 2.25. The van der Waals surface area contributed by atoms with Crippen LogP contribution < -0.4 is 0 Å². The number of aliphatic hydroxyl groups excluding tert-OH is 1. The molecule has 3 unspecified atom stereocenters. The average Bonchev–Trinajstić information content (AvgIpc) is 2.68. The summed E-state index contributed by atoms with van der Waals surface area (Å²) in [5.74, 6) is -0.233. The average molecular weight is 264 g/mol. The van der Waals surface area contributed by atoms with Crippen LogP contribution in [0.15, 0.2) is 23.3 Å². The van der Waals surface area contributed by atoms with E-state index in [0.29, 0.717) is 12.8 Å². The van der Waals surface area contributed by atoms with E-state index >= 15 is 0 Å². The number of fused-ring (bicyclic) bond motifs is 1. The predicted molar refractivity (Wildman–Crippen MR) is 70.3 cm³/mol. The number of carbonyl (C=O) groups is 2. The molecular weight excluding hydrogens is 244 g/mol. The van der Waals surface area contributed by atoms with Crippen LogP contribution in [0.5, 0.6) is 0 Å². The van der Waals surface area contributed by atoms with Crippen LogP contribution in [-0.4, -0.2) is 30.1 Å². The molecule has 1 aliphatic carbocycles. The Kier molecular flexibility index (Phi) is 4.53. The Labute approximate surface area is 113 Å². The van der Waals surface area contributed by atoms with E-state index in [2.05, 4.69) is 0 Å². The number of aliphatic hydroxyl groups is 1. The van der Waals surface area contributed by atoms with Crippen LogP contribution in [0.2, 0.25) is 0 Å². The third-order valence-corrected chi connectivity index (χ3v) is 4.08. The molecular formula is C15H20O4. The molecule has 0 aromatic carbocycles. The van der Waals surface area contributed by atoms with Crippen molar-refractivity contribution in [2.45, 2.75) is 38.7 Å². The van der Waals surface area contributed by atoms with Gasteiger partial charge in [0.25, 0.3) is 0 Å². The zero-order chi connectivity index (χ0) is 13.8. The normalized spacial score (nSPS) is 31.9. The van der Waals surface area contributed by atoms with Gasteiger partial charge in [0.05, 0.1) is 12.5 Å². The summed E-state index contributed by atoms with van der Waals surface area (Å²) in [6.45, 7) is 1.84. The van der Waals surface area contributed by atoms with E-state index in [-0.39, 0.29) is 30.5 Å². The highest BCUT2D eigenvalue weighted by Gasteiger charge is 2.40. The summed E-state index contributed by atoms with van der Waals surface area (Å²) in [5.41, 5.74) is 1.66. The van der Waals surface area contributed by atoms with Crippen LogP contribution in [0.3, 0.4) is 0 Å². The number of hydrogen-bond acceptors (Lipinski definition) is 4. The number of hydrogen-bond donors (Lipinski definition) is 1. The number of allylic oxidation sites excluding steroid dienone is 2. The van der Waals surface area contributed by atoms with Gasteiger partial charge in [0.1, 0.15) is 12.4 Å². The van der Waals surface area contributed by atoms with Crippen molar-refractivity contribution in [2.24, 2.45) is 11.8 Å². The van der Waals surface area contributed by atoms with Gasteiger partial charge in [0.15, 0.2) is 0 Å². The van der Waals surface area contributed by atoms with Crippen LogP contribution in [0.25, 0.3) is 0 Å². The Morgan fingerprint density at radius 1 is 1.47 bits per heavy atom. The number of carbonyl (C=O) groups excluding carboxylic acids is 2. The van der Waals surface area contributed by atoms with E-state index in [1.807, 2.05) is 19.1 Å². The molecule has 1 fully saturated rings. The van der Waals surface area contributed by atoms with Crippen molar-refractivity contribution in [1.29, 1.82) is 0 Å². The highest BCUT2D eigenvalue weighted by atomic mass is 16.6. The van der Waals surface area contributed by atoms with Crippen LogP contribution in [0, 0.1) is 11.8 Å². The van der Waals surface area contributed by atoms with E-state index in [1.165, 1.54) is 0 Å². The summed E-state index contributed by atoms with van der Waals surface area (Å²) in [6, 6.07) is 0. The van der Waals surface area contributed by atoms with Gasteiger partial charge < -0.3 is 9.84 Å². The summed E-state index contributed by atoms with van der Waals surface area (Å²) in [6.07, 6.45) is 7.35. The molecule has 1 saturated heterocycles. The minimum atomic E-state index is -0.254. The monoisotopic (exact) mass is 264 g/mol. The van der Waals surface area contributed by atoms with Crippen molar-refractivity contribution >= 4 is 12.3 Å². The molecule has 0 aromatic rings. The topological polar surface area (TPSA) is 63.6 Å². The standard InChI is InChI=1S/C15H20O4/c1-10-13-6-5-11(8-16)3-2-4-12(9-17)7-14(13)19-15(10)18/h3,7-8,10,13-14,17H,2,4-6,9H2,1H3. The highest BCUT2D eigenvalue weighted by molar-refractivity contribution is 5.75. The molecule has 1 aliphatic heterocycles.